The third-order valence-corrected chi connectivity index (χ3v) is 4.63. The molecule has 0 aliphatic carbocycles. The fourth-order valence-corrected chi connectivity index (χ4v) is 2.97. The van der Waals surface area contributed by atoms with Gasteiger partial charge in [0.2, 0.25) is 10.0 Å². The van der Waals surface area contributed by atoms with Gasteiger partial charge in [0.15, 0.2) is 0 Å². The largest absolute Gasteiger partial charge is 0.462 e. The summed E-state index contributed by atoms with van der Waals surface area (Å²) >= 11 is 2.79. The fourth-order valence-electron chi connectivity index (χ4n) is 1.42. The van der Waals surface area contributed by atoms with Crippen molar-refractivity contribution in [3.63, 3.8) is 0 Å². The van der Waals surface area contributed by atoms with Crippen molar-refractivity contribution in [1.29, 1.82) is 0 Å². The Balaban J connectivity index is 2.99. The highest BCUT2D eigenvalue weighted by Gasteiger charge is 2.21. The molecule has 0 saturated carbocycles. The van der Waals surface area contributed by atoms with E-state index >= 15 is 0 Å². The highest BCUT2D eigenvalue weighted by atomic mass is 79.9. The van der Waals surface area contributed by atoms with E-state index in [0.29, 0.717) is 6.42 Å². The first-order valence-electron chi connectivity index (χ1n) is 6.11. The van der Waals surface area contributed by atoms with Crippen LogP contribution in [0.1, 0.15) is 37.6 Å². The number of primary sulfonamides is 1. The Labute approximate surface area is 131 Å². The van der Waals surface area contributed by atoms with Crippen LogP contribution in [-0.2, 0) is 14.8 Å². The summed E-state index contributed by atoms with van der Waals surface area (Å²) in [6, 6.07) is 1.89. The second kappa shape index (κ2) is 6.41. The summed E-state index contributed by atoms with van der Waals surface area (Å²) in [4.78, 5) is 11.3. The van der Waals surface area contributed by atoms with Gasteiger partial charge in [0.05, 0.1) is 21.5 Å². The van der Waals surface area contributed by atoms with Crippen molar-refractivity contribution in [2.75, 3.05) is 6.61 Å². The number of hydrogen-bond donors (Lipinski definition) is 1. The molecule has 0 fully saturated rings. The molecule has 0 aliphatic heterocycles. The van der Waals surface area contributed by atoms with E-state index in [-0.39, 0.29) is 22.1 Å². The summed E-state index contributed by atoms with van der Waals surface area (Å²) in [5.74, 6) is -1.69. The van der Waals surface area contributed by atoms with Gasteiger partial charge in [0.1, 0.15) is 5.82 Å². The van der Waals surface area contributed by atoms with Crippen molar-refractivity contribution in [2.24, 2.45) is 10.6 Å². The molecule has 1 rings (SSSR count). The van der Waals surface area contributed by atoms with Crippen LogP contribution < -0.4 is 5.14 Å². The average Bonchev–Trinajstić information content (AvgIpc) is 2.29. The Hall–Kier alpha value is -0.990. The minimum Gasteiger partial charge on any atom is -0.462 e. The SMILES string of the molecule is CC(C)(C)CCOC(=O)c1cc(F)c(Br)c(S(N)(=O)=O)c1. The van der Waals surface area contributed by atoms with Crippen molar-refractivity contribution in [1.82, 2.24) is 0 Å². The van der Waals surface area contributed by atoms with Crippen LogP contribution in [0.15, 0.2) is 21.5 Å². The number of nitrogens with two attached hydrogens (primary N) is 1. The first-order chi connectivity index (χ1) is 9.42. The number of benzene rings is 1. The first kappa shape index (κ1) is 18.1. The van der Waals surface area contributed by atoms with Gasteiger partial charge in [-0.25, -0.2) is 22.7 Å². The van der Waals surface area contributed by atoms with E-state index in [2.05, 4.69) is 15.9 Å². The third-order valence-electron chi connectivity index (χ3n) is 2.62. The number of hydrogen-bond acceptors (Lipinski definition) is 4. The van der Waals surface area contributed by atoms with E-state index in [0.717, 1.165) is 12.1 Å². The normalized spacial score (nSPS) is 12.3. The van der Waals surface area contributed by atoms with Gasteiger partial charge >= 0.3 is 5.97 Å². The van der Waals surface area contributed by atoms with Gasteiger partial charge < -0.3 is 4.74 Å². The van der Waals surface area contributed by atoms with Crippen LogP contribution in [0.5, 0.6) is 0 Å². The lowest BCUT2D eigenvalue weighted by Gasteiger charge is -2.17. The van der Waals surface area contributed by atoms with Crippen molar-refractivity contribution in [2.45, 2.75) is 32.1 Å². The van der Waals surface area contributed by atoms with Crippen LogP contribution >= 0.6 is 15.9 Å². The summed E-state index contributed by atoms with van der Waals surface area (Å²) < 4.78 is 41.1. The topological polar surface area (TPSA) is 86.5 Å². The molecule has 5 nitrogen and oxygen atoms in total. The highest BCUT2D eigenvalue weighted by Crippen LogP contribution is 2.26. The van der Waals surface area contributed by atoms with Gasteiger partial charge in [0, 0.05) is 0 Å². The van der Waals surface area contributed by atoms with Gasteiger partial charge in [-0.2, -0.15) is 0 Å². The van der Waals surface area contributed by atoms with Gasteiger partial charge in [-0.1, -0.05) is 20.8 Å². The number of rotatable bonds is 4. The Bertz CT molecular complexity index is 653. The fraction of sp³-hybridized carbons (Fsp3) is 0.462. The lowest BCUT2D eigenvalue weighted by Crippen LogP contribution is -2.16. The second-order valence-corrected chi connectivity index (χ2v) is 8.08. The van der Waals surface area contributed by atoms with Gasteiger partial charge in [-0.15, -0.1) is 0 Å². The third kappa shape index (κ3) is 5.37. The number of carbonyl (C=O) groups excluding carboxylic acids is 1. The molecule has 0 saturated heterocycles. The highest BCUT2D eigenvalue weighted by molar-refractivity contribution is 9.10. The Kier molecular flexibility index (Phi) is 5.51. The van der Waals surface area contributed by atoms with Crippen LogP contribution in [0.2, 0.25) is 0 Å². The molecule has 0 atom stereocenters. The molecule has 0 aromatic heterocycles. The van der Waals surface area contributed by atoms with Crippen molar-refractivity contribution >= 4 is 31.9 Å². The molecule has 0 heterocycles. The number of esters is 1. The van der Waals surface area contributed by atoms with Crippen LogP contribution in [0.3, 0.4) is 0 Å². The molecule has 1 aromatic carbocycles. The van der Waals surface area contributed by atoms with Crippen LogP contribution in [0, 0.1) is 11.2 Å². The number of sulfonamides is 1. The molecule has 2 N–H and O–H groups in total. The molecule has 0 unspecified atom stereocenters. The molecule has 1 aromatic rings. The minimum atomic E-state index is -4.15. The maximum Gasteiger partial charge on any atom is 0.338 e. The number of carbonyl (C=O) groups is 1. The first-order valence-corrected chi connectivity index (χ1v) is 8.45. The van der Waals surface area contributed by atoms with E-state index < -0.39 is 26.7 Å². The van der Waals surface area contributed by atoms with E-state index in [4.69, 9.17) is 9.88 Å². The van der Waals surface area contributed by atoms with Crippen LogP contribution in [0.4, 0.5) is 4.39 Å². The molecule has 0 spiro atoms. The standard InChI is InChI=1S/C13H17BrFNO4S/c1-13(2,3)4-5-20-12(17)8-6-9(15)11(14)10(7-8)21(16,18)19/h6-7H,4-5H2,1-3H3,(H2,16,18,19). The zero-order valence-electron chi connectivity index (χ0n) is 11.9. The molecule has 118 valence electrons. The molecule has 0 aliphatic rings. The Morgan fingerprint density at radius 1 is 1.38 bits per heavy atom. The molecule has 8 heteroatoms. The molecule has 0 bridgehead atoms. The van der Waals surface area contributed by atoms with Crippen molar-refractivity contribution in [3.05, 3.63) is 28.0 Å². The summed E-state index contributed by atoms with van der Waals surface area (Å²) in [6.45, 7) is 6.11. The Morgan fingerprint density at radius 3 is 2.43 bits per heavy atom. The van der Waals surface area contributed by atoms with Crippen LogP contribution in [-0.4, -0.2) is 21.0 Å². The van der Waals surface area contributed by atoms with E-state index in [9.17, 15) is 17.6 Å². The molecular weight excluding hydrogens is 365 g/mol. The summed E-state index contributed by atoms with van der Waals surface area (Å²) in [6.07, 6.45) is 0.625. The molecular formula is C13H17BrFNO4S. The summed E-state index contributed by atoms with van der Waals surface area (Å²) in [5, 5.41) is 4.98. The van der Waals surface area contributed by atoms with Crippen LogP contribution in [0.25, 0.3) is 0 Å². The van der Waals surface area contributed by atoms with E-state index in [1.54, 1.807) is 0 Å². The second-order valence-electron chi connectivity index (χ2n) is 5.76. The van der Waals surface area contributed by atoms with Crippen molar-refractivity contribution < 1.29 is 22.3 Å². The average molecular weight is 382 g/mol. The monoisotopic (exact) mass is 381 g/mol. The van der Waals surface area contributed by atoms with Gasteiger partial charge in [0.25, 0.3) is 0 Å². The molecule has 0 amide bonds. The summed E-state index contributed by atoms with van der Waals surface area (Å²) in [7, 11) is -4.15. The zero-order chi connectivity index (χ0) is 16.4. The smallest absolute Gasteiger partial charge is 0.338 e. The molecule has 0 radical (unpaired) electrons. The number of halogens is 2. The van der Waals surface area contributed by atoms with Gasteiger partial charge in [-0.3, -0.25) is 0 Å². The van der Waals surface area contributed by atoms with E-state index in [1.165, 1.54) is 0 Å². The number of ether oxygens (including phenoxy) is 1. The lowest BCUT2D eigenvalue weighted by atomic mass is 9.93. The predicted octanol–water partition coefficient (Wildman–Crippen LogP) is 2.83. The predicted molar refractivity (Wildman–Crippen MR) is 79.8 cm³/mol. The van der Waals surface area contributed by atoms with E-state index in [1.807, 2.05) is 20.8 Å². The maximum absolute atomic E-state index is 13.7. The maximum atomic E-state index is 13.7. The quantitative estimate of drug-likeness (QED) is 0.812. The van der Waals surface area contributed by atoms with Gasteiger partial charge in [-0.05, 0) is 39.9 Å². The Morgan fingerprint density at radius 2 is 1.95 bits per heavy atom. The molecule has 21 heavy (non-hydrogen) atoms. The lowest BCUT2D eigenvalue weighted by molar-refractivity contribution is 0.0464. The summed E-state index contributed by atoms with van der Waals surface area (Å²) in [5.41, 5.74) is -0.217. The van der Waals surface area contributed by atoms with Crippen molar-refractivity contribution in [3.8, 4) is 0 Å². The minimum absolute atomic E-state index is 0.0169. The zero-order valence-corrected chi connectivity index (χ0v) is 14.3.